The molecule has 0 unspecified atom stereocenters. The van der Waals surface area contributed by atoms with E-state index >= 15 is 0 Å². The number of hydrogen-bond donors (Lipinski definition) is 1. The second-order valence-electron chi connectivity index (χ2n) is 7.51. The zero-order valence-electron chi connectivity index (χ0n) is 14.6. The molecule has 21 heavy (non-hydrogen) atoms. The van der Waals surface area contributed by atoms with E-state index in [4.69, 9.17) is 9.97 Å². The second-order valence-corrected chi connectivity index (χ2v) is 7.51. The van der Waals surface area contributed by atoms with Gasteiger partial charge in [-0.25, -0.2) is 9.97 Å². The summed E-state index contributed by atoms with van der Waals surface area (Å²) in [6, 6.07) is 0. The number of nitrogens with zero attached hydrogens (tertiary/aromatic N) is 2. The van der Waals surface area contributed by atoms with Gasteiger partial charge < -0.3 is 5.32 Å². The van der Waals surface area contributed by atoms with Gasteiger partial charge in [0.1, 0.15) is 11.6 Å². The van der Waals surface area contributed by atoms with Crippen LogP contribution in [0.1, 0.15) is 76.4 Å². The van der Waals surface area contributed by atoms with Crippen LogP contribution in [0.5, 0.6) is 0 Å². The molecule has 0 amide bonds. The van der Waals surface area contributed by atoms with Crippen LogP contribution >= 0.6 is 0 Å². The summed E-state index contributed by atoms with van der Waals surface area (Å²) in [7, 11) is 1.96. The molecule has 1 aliphatic carbocycles. The highest BCUT2D eigenvalue weighted by Gasteiger charge is 2.31. The first-order valence-corrected chi connectivity index (χ1v) is 8.42. The summed E-state index contributed by atoms with van der Waals surface area (Å²) in [5, 5.41) is 3.25. The molecule has 0 aromatic carbocycles. The summed E-state index contributed by atoms with van der Waals surface area (Å²) in [5.41, 5.74) is 2.83. The van der Waals surface area contributed by atoms with Crippen LogP contribution < -0.4 is 5.32 Å². The maximum absolute atomic E-state index is 4.81. The lowest BCUT2D eigenvalue weighted by Gasteiger charge is -2.36. The highest BCUT2D eigenvalue weighted by Crippen LogP contribution is 2.42. The monoisotopic (exact) mass is 289 g/mol. The van der Waals surface area contributed by atoms with Gasteiger partial charge in [0.2, 0.25) is 0 Å². The van der Waals surface area contributed by atoms with Gasteiger partial charge in [0.25, 0.3) is 0 Å². The fourth-order valence-electron chi connectivity index (χ4n) is 3.65. The van der Waals surface area contributed by atoms with Gasteiger partial charge >= 0.3 is 0 Å². The summed E-state index contributed by atoms with van der Waals surface area (Å²) in [6.07, 6.45) is 6.06. The minimum Gasteiger partial charge on any atom is -0.373 e. The first kappa shape index (κ1) is 16.3. The van der Waals surface area contributed by atoms with Crippen LogP contribution in [-0.2, 0) is 6.42 Å². The van der Waals surface area contributed by atoms with Gasteiger partial charge in [-0.1, -0.05) is 27.7 Å². The maximum atomic E-state index is 4.81. The third kappa shape index (κ3) is 3.56. The molecular weight excluding hydrogens is 258 g/mol. The van der Waals surface area contributed by atoms with Gasteiger partial charge in [0, 0.05) is 24.2 Å². The Morgan fingerprint density at radius 3 is 2.19 bits per heavy atom. The molecule has 1 heterocycles. The lowest BCUT2D eigenvalue weighted by molar-refractivity contribution is 0.167. The van der Waals surface area contributed by atoms with Crippen LogP contribution in [0.15, 0.2) is 0 Å². The summed E-state index contributed by atoms with van der Waals surface area (Å²) in [4.78, 5) is 9.62. The fraction of sp³-hybridized carbons (Fsp3) is 0.778. The molecule has 1 N–H and O–H groups in total. The molecular formula is C18H31N3. The molecule has 0 saturated heterocycles. The van der Waals surface area contributed by atoms with Crippen molar-refractivity contribution in [3.05, 3.63) is 17.1 Å². The van der Waals surface area contributed by atoms with Crippen molar-refractivity contribution in [3.63, 3.8) is 0 Å². The van der Waals surface area contributed by atoms with Gasteiger partial charge in [0.15, 0.2) is 0 Å². The number of hydrogen-bond acceptors (Lipinski definition) is 3. The Kier molecular flexibility index (Phi) is 4.90. The number of nitrogens with one attached hydrogen (secondary N) is 1. The largest absolute Gasteiger partial charge is 0.373 e. The summed E-state index contributed by atoms with van der Waals surface area (Å²) >= 11 is 0. The summed E-state index contributed by atoms with van der Waals surface area (Å²) < 4.78 is 0. The Morgan fingerprint density at radius 2 is 1.71 bits per heavy atom. The molecule has 1 aromatic heterocycles. The molecule has 1 aliphatic rings. The highest BCUT2D eigenvalue weighted by atomic mass is 15.0. The molecule has 118 valence electrons. The minimum atomic E-state index is 0.434. The molecule has 1 aromatic rings. The molecule has 0 aliphatic heterocycles. The molecule has 1 fully saturated rings. The van der Waals surface area contributed by atoms with Gasteiger partial charge in [-0.15, -0.1) is 0 Å². The van der Waals surface area contributed by atoms with E-state index in [2.05, 4.69) is 39.9 Å². The van der Waals surface area contributed by atoms with Crippen LogP contribution in [0, 0.1) is 18.3 Å². The van der Waals surface area contributed by atoms with Crippen molar-refractivity contribution in [2.75, 3.05) is 12.4 Å². The SMILES string of the molecule is CCc1c(C)nc(C2CCC(C(C)(C)C)CC2)nc1NC. The number of rotatable bonds is 3. The average Bonchev–Trinajstić information content (AvgIpc) is 2.45. The number of aryl methyl sites for hydroxylation is 1. The Morgan fingerprint density at radius 1 is 1.10 bits per heavy atom. The van der Waals surface area contributed by atoms with Crippen molar-refractivity contribution in [2.45, 2.75) is 72.6 Å². The van der Waals surface area contributed by atoms with E-state index < -0.39 is 0 Å². The van der Waals surface area contributed by atoms with E-state index in [-0.39, 0.29) is 0 Å². The predicted molar refractivity (Wildman–Crippen MR) is 89.8 cm³/mol. The standard InChI is InChI=1S/C18H31N3/c1-7-15-12(2)20-16(21-17(15)19-6)13-8-10-14(11-9-13)18(3,4)5/h13-14H,7-11H2,1-6H3,(H,19,20,21). The van der Waals surface area contributed by atoms with Gasteiger partial charge in [0.05, 0.1) is 0 Å². The second kappa shape index (κ2) is 6.33. The minimum absolute atomic E-state index is 0.434. The van der Waals surface area contributed by atoms with Gasteiger partial charge in [-0.3, -0.25) is 0 Å². The van der Waals surface area contributed by atoms with Crippen molar-refractivity contribution in [1.29, 1.82) is 0 Å². The smallest absolute Gasteiger partial charge is 0.134 e. The Hall–Kier alpha value is -1.12. The Balaban J connectivity index is 2.15. The van der Waals surface area contributed by atoms with E-state index in [1.54, 1.807) is 0 Å². The van der Waals surface area contributed by atoms with Gasteiger partial charge in [-0.2, -0.15) is 0 Å². The third-order valence-electron chi connectivity index (χ3n) is 5.14. The highest BCUT2D eigenvalue weighted by molar-refractivity contribution is 5.46. The predicted octanol–water partition coefficient (Wildman–Crippen LogP) is 4.71. The van der Waals surface area contributed by atoms with Gasteiger partial charge in [-0.05, 0) is 50.4 Å². The average molecular weight is 289 g/mol. The summed E-state index contributed by atoms with van der Waals surface area (Å²) in [6.45, 7) is 11.4. The van der Waals surface area contributed by atoms with E-state index in [0.29, 0.717) is 11.3 Å². The van der Waals surface area contributed by atoms with E-state index in [9.17, 15) is 0 Å². The molecule has 3 nitrogen and oxygen atoms in total. The van der Waals surface area contributed by atoms with E-state index in [1.807, 2.05) is 7.05 Å². The van der Waals surface area contributed by atoms with Crippen LogP contribution in [0.3, 0.4) is 0 Å². The van der Waals surface area contributed by atoms with Crippen molar-refractivity contribution in [2.24, 2.45) is 11.3 Å². The van der Waals surface area contributed by atoms with E-state index in [0.717, 1.165) is 29.7 Å². The van der Waals surface area contributed by atoms with Crippen LogP contribution in [0.4, 0.5) is 5.82 Å². The Bertz CT molecular complexity index is 480. The fourth-order valence-corrected chi connectivity index (χ4v) is 3.65. The lowest BCUT2D eigenvalue weighted by atomic mass is 9.69. The van der Waals surface area contributed by atoms with Crippen LogP contribution in [-0.4, -0.2) is 17.0 Å². The first-order chi connectivity index (χ1) is 9.86. The zero-order chi connectivity index (χ0) is 15.6. The molecule has 0 bridgehead atoms. The molecule has 2 rings (SSSR count). The Labute approximate surface area is 130 Å². The normalized spacial score (nSPS) is 23.1. The molecule has 0 atom stereocenters. The maximum Gasteiger partial charge on any atom is 0.134 e. The van der Waals surface area contributed by atoms with Crippen molar-refractivity contribution in [1.82, 2.24) is 9.97 Å². The zero-order valence-corrected chi connectivity index (χ0v) is 14.6. The van der Waals surface area contributed by atoms with Crippen LogP contribution in [0.25, 0.3) is 0 Å². The van der Waals surface area contributed by atoms with Crippen molar-refractivity contribution in [3.8, 4) is 0 Å². The van der Waals surface area contributed by atoms with Crippen molar-refractivity contribution < 1.29 is 0 Å². The molecule has 1 saturated carbocycles. The number of aromatic nitrogens is 2. The first-order valence-electron chi connectivity index (χ1n) is 8.42. The van der Waals surface area contributed by atoms with Crippen molar-refractivity contribution >= 4 is 5.82 Å². The quantitative estimate of drug-likeness (QED) is 0.875. The topological polar surface area (TPSA) is 37.8 Å². The molecule has 3 heteroatoms. The molecule has 0 radical (unpaired) electrons. The summed E-state index contributed by atoms with van der Waals surface area (Å²) in [5.74, 6) is 3.47. The third-order valence-corrected chi connectivity index (χ3v) is 5.14. The molecule has 0 spiro atoms. The van der Waals surface area contributed by atoms with Crippen LogP contribution in [0.2, 0.25) is 0 Å². The van der Waals surface area contributed by atoms with E-state index in [1.165, 1.54) is 31.2 Å². The number of anilines is 1. The lowest BCUT2D eigenvalue weighted by Crippen LogP contribution is -2.26.